The molecule has 10 heteroatoms. The van der Waals surface area contributed by atoms with Gasteiger partial charge >= 0.3 is 6.09 Å². The Labute approximate surface area is 181 Å². The number of pyridine rings is 1. The van der Waals surface area contributed by atoms with Gasteiger partial charge in [0.2, 0.25) is 5.28 Å². The fraction of sp³-hybridized carbons (Fsp3) is 0.500. The van der Waals surface area contributed by atoms with Crippen molar-refractivity contribution in [2.45, 2.75) is 39.0 Å². The zero-order valence-electron chi connectivity index (χ0n) is 17.2. The third-order valence-electron chi connectivity index (χ3n) is 4.23. The molecule has 2 heterocycles. The van der Waals surface area contributed by atoms with E-state index in [1.54, 1.807) is 12.4 Å². The molecular weight excluding hydrogens is 408 g/mol. The maximum absolute atomic E-state index is 12.3. The summed E-state index contributed by atoms with van der Waals surface area (Å²) in [6, 6.07) is 3.77. The van der Waals surface area contributed by atoms with Gasteiger partial charge < -0.3 is 25.7 Å². The summed E-state index contributed by atoms with van der Waals surface area (Å²) in [6.07, 6.45) is 7.33. The topological polar surface area (TPSA) is 121 Å². The smallest absolute Gasteiger partial charge is 0.407 e. The van der Waals surface area contributed by atoms with Crippen LogP contribution in [0.3, 0.4) is 0 Å². The Hall–Kier alpha value is -2.81. The van der Waals surface area contributed by atoms with Gasteiger partial charge in [0.1, 0.15) is 5.69 Å². The number of aromatic nitrogens is 3. The van der Waals surface area contributed by atoms with Crippen molar-refractivity contribution >= 4 is 29.4 Å². The van der Waals surface area contributed by atoms with Gasteiger partial charge in [0, 0.05) is 38.4 Å². The SMILES string of the molecule is CCCCCNc1nc(Cl)[nH]c1C(=O)NCCCNC(=O)OCCc1cccnc1. The molecule has 0 atom stereocenters. The molecule has 0 aliphatic rings. The lowest BCUT2D eigenvalue weighted by Crippen LogP contribution is -2.31. The Bertz CT molecular complexity index is 784. The standard InChI is InChI=1S/C20H29ClN6O3/c1-2-3-4-10-23-17-16(26-19(21)27-17)18(28)24-11-6-12-25-20(29)30-13-8-15-7-5-9-22-14-15/h5,7,9,14,23H,2-4,6,8,10-13H2,1H3,(H,24,28)(H,25,29)(H,26,27). The number of hydrogen-bond donors (Lipinski definition) is 4. The number of anilines is 1. The van der Waals surface area contributed by atoms with Crippen LogP contribution in [0.25, 0.3) is 0 Å². The second-order valence-electron chi connectivity index (χ2n) is 6.67. The molecule has 2 amide bonds. The molecule has 0 fully saturated rings. The predicted molar refractivity (Wildman–Crippen MR) is 116 cm³/mol. The van der Waals surface area contributed by atoms with Crippen molar-refractivity contribution in [2.75, 3.05) is 31.6 Å². The molecule has 2 aromatic rings. The molecular formula is C20H29ClN6O3. The van der Waals surface area contributed by atoms with E-state index in [-0.39, 0.29) is 17.8 Å². The number of halogens is 1. The second kappa shape index (κ2) is 13.4. The monoisotopic (exact) mass is 436 g/mol. The molecule has 0 radical (unpaired) electrons. The summed E-state index contributed by atoms with van der Waals surface area (Å²) >= 11 is 5.90. The average molecular weight is 437 g/mol. The third kappa shape index (κ3) is 8.69. The predicted octanol–water partition coefficient (Wildman–Crippen LogP) is 3.15. The molecule has 0 spiro atoms. The molecule has 0 aliphatic carbocycles. The third-order valence-corrected chi connectivity index (χ3v) is 4.41. The summed E-state index contributed by atoms with van der Waals surface area (Å²) in [5.74, 6) is 0.148. The van der Waals surface area contributed by atoms with Crippen LogP contribution in [0.5, 0.6) is 0 Å². The Balaban J connectivity index is 1.60. The first-order valence-corrected chi connectivity index (χ1v) is 10.5. The van der Waals surface area contributed by atoms with Gasteiger partial charge in [-0.15, -0.1) is 0 Å². The molecule has 0 aliphatic heterocycles. The number of nitrogens with zero attached hydrogens (tertiary/aromatic N) is 2. The van der Waals surface area contributed by atoms with Crippen LogP contribution < -0.4 is 16.0 Å². The Morgan fingerprint density at radius 2 is 2.00 bits per heavy atom. The van der Waals surface area contributed by atoms with E-state index >= 15 is 0 Å². The summed E-state index contributed by atoms with van der Waals surface area (Å²) in [7, 11) is 0. The van der Waals surface area contributed by atoms with E-state index in [2.05, 4.69) is 37.8 Å². The maximum Gasteiger partial charge on any atom is 0.407 e. The van der Waals surface area contributed by atoms with E-state index in [9.17, 15) is 9.59 Å². The molecule has 0 saturated carbocycles. The highest BCUT2D eigenvalue weighted by atomic mass is 35.5. The highest BCUT2D eigenvalue weighted by molar-refractivity contribution is 6.28. The van der Waals surface area contributed by atoms with Crippen molar-refractivity contribution in [3.8, 4) is 0 Å². The van der Waals surface area contributed by atoms with Crippen LogP contribution in [0, 0.1) is 0 Å². The number of ether oxygens (including phenoxy) is 1. The first-order chi connectivity index (χ1) is 14.6. The Kier molecular flexibility index (Phi) is 10.5. The van der Waals surface area contributed by atoms with Gasteiger partial charge in [-0.3, -0.25) is 9.78 Å². The number of alkyl carbamates (subject to hydrolysis) is 1. The second-order valence-corrected chi connectivity index (χ2v) is 7.03. The molecule has 30 heavy (non-hydrogen) atoms. The largest absolute Gasteiger partial charge is 0.449 e. The molecule has 164 valence electrons. The Morgan fingerprint density at radius 1 is 1.17 bits per heavy atom. The summed E-state index contributed by atoms with van der Waals surface area (Å²) in [5, 5.41) is 8.73. The van der Waals surface area contributed by atoms with Crippen molar-refractivity contribution in [3.05, 3.63) is 41.1 Å². The van der Waals surface area contributed by atoms with Crippen LogP contribution in [-0.4, -0.2) is 53.2 Å². The van der Waals surface area contributed by atoms with Gasteiger partial charge in [0.05, 0.1) is 6.61 Å². The van der Waals surface area contributed by atoms with E-state index < -0.39 is 6.09 Å². The molecule has 9 nitrogen and oxygen atoms in total. The van der Waals surface area contributed by atoms with Crippen LogP contribution >= 0.6 is 11.6 Å². The number of rotatable bonds is 13. The molecule has 0 bridgehead atoms. The number of carbonyl (C=O) groups excluding carboxylic acids is 2. The fourth-order valence-corrected chi connectivity index (χ4v) is 2.83. The minimum atomic E-state index is -0.482. The number of nitrogens with one attached hydrogen (secondary N) is 4. The van der Waals surface area contributed by atoms with Crippen LogP contribution in [-0.2, 0) is 11.2 Å². The lowest BCUT2D eigenvalue weighted by atomic mass is 10.2. The lowest BCUT2D eigenvalue weighted by Gasteiger charge is -2.08. The molecule has 2 rings (SSSR count). The van der Waals surface area contributed by atoms with Gasteiger partial charge in [-0.25, -0.2) is 9.78 Å². The highest BCUT2D eigenvalue weighted by Crippen LogP contribution is 2.16. The average Bonchev–Trinajstić information content (AvgIpc) is 3.12. The number of H-pyrrole nitrogens is 1. The number of unbranched alkanes of at least 4 members (excludes halogenated alkanes) is 2. The number of hydrogen-bond acceptors (Lipinski definition) is 6. The van der Waals surface area contributed by atoms with E-state index in [0.717, 1.165) is 31.4 Å². The zero-order valence-corrected chi connectivity index (χ0v) is 17.9. The highest BCUT2D eigenvalue weighted by Gasteiger charge is 2.16. The Morgan fingerprint density at radius 3 is 2.77 bits per heavy atom. The molecule has 2 aromatic heterocycles. The normalized spacial score (nSPS) is 10.5. The van der Waals surface area contributed by atoms with Gasteiger partial charge in [0.25, 0.3) is 5.91 Å². The minimum absolute atomic E-state index is 0.161. The van der Waals surface area contributed by atoms with Crippen molar-refractivity contribution < 1.29 is 14.3 Å². The van der Waals surface area contributed by atoms with Crippen molar-refractivity contribution in [3.63, 3.8) is 0 Å². The summed E-state index contributed by atoms with van der Waals surface area (Å²) in [6.45, 7) is 3.91. The van der Waals surface area contributed by atoms with E-state index in [0.29, 0.717) is 37.4 Å². The number of imidazole rings is 1. The summed E-state index contributed by atoms with van der Waals surface area (Å²) in [4.78, 5) is 34.9. The van der Waals surface area contributed by atoms with Crippen LogP contribution in [0.1, 0.15) is 48.7 Å². The lowest BCUT2D eigenvalue weighted by molar-refractivity contribution is 0.0949. The number of aromatic amines is 1. The summed E-state index contributed by atoms with van der Waals surface area (Å²) in [5.41, 5.74) is 1.31. The van der Waals surface area contributed by atoms with Crippen molar-refractivity contribution in [1.29, 1.82) is 0 Å². The molecule has 0 unspecified atom stereocenters. The quantitative estimate of drug-likeness (QED) is 0.358. The number of carbonyl (C=O) groups is 2. The summed E-state index contributed by atoms with van der Waals surface area (Å²) < 4.78 is 5.11. The molecule has 4 N–H and O–H groups in total. The zero-order chi connectivity index (χ0) is 21.6. The van der Waals surface area contributed by atoms with E-state index in [1.807, 2.05) is 12.1 Å². The minimum Gasteiger partial charge on any atom is -0.449 e. The van der Waals surface area contributed by atoms with Crippen LogP contribution in [0.15, 0.2) is 24.5 Å². The van der Waals surface area contributed by atoms with Gasteiger partial charge in [-0.05, 0) is 36.1 Å². The molecule has 0 aromatic carbocycles. The maximum atomic E-state index is 12.3. The fourth-order valence-electron chi connectivity index (χ4n) is 2.65. The van der Waals surface area contributed by atoms with Crippen LogP contribution in [0.2, 0.25) is 5.28 Å². The van der Waals surface area contributed by atoms with Crippen molar-refractivity contribution in [1.82, 2.24) is 25.6 Å². The molecule has 0 saturated heterocycles. The van der Waals surface area contributed by atoms with Gasteiger partial charge in [0.15, 0.2) is 5.82 Å². The van der Waals surface area contributed by atoms with Crippen molar-refractivity contribution in [2.24, 2.45) is 0 Å². The van der Waals surface area contributed by atoms with E-state index in [4.69, 9.17) is 16.3 Å². The van der Waals surface area contributed by atoms with E-state index in [1.165, 1.54) is 0 Å². The number of amides is 2. The first kappa shape index (κ1) is 23.5. The first-order valence-electron chi connectivity index (χ1n) is 10.2. The van der Waals surface area contributed by atoms with Crippen LogP contribution in [0.4, 0.5) is 10.6 Å². The van der Waals surface area contributed by atoms with Gasteiger partial charge in [-0.1, -0.05) is 25.8 Å². The van der Waals surface area contributed by atoms with Gasteiger partial charge in [-0.2, -0.15) is 0 Å².